The van der Waals surface area contributed by atoms with Gasteiger partial charge in [-0.25, -0.2) is 19.6 Å². The lowest BCUT2D eigenvalue weighted by molar-refractivity contribution is -0.179. The Morgan fingerprint density at radius 1 is 0.941 bits per heavy atom. The van der Waals surface area contributed by atoms with E-state index >= 15 is 4.79 Å². The number of carboxylic acid groups (broad SMARTS) is 1. The topological polar surface area (TPSA) is 209 Å². The minimum Gasteiger partial charge on any atom is -0.480 e. The second-order valence-electron chi connectivity index (χ2n) is 25.2. The lowest BCUT2D eigenvalue weighted by Gasteiger charge is -2.47. The number of nitrogens with one attached hydrogen (secondary N) is 1. The number of piperazine rings is 1. The van der Waals surface area contributed by atoms with Crippen molar-refractivity contribution >= 4 is 80.5 Å². The number of aliphatic carboxylic acids is 1. The van der Waals surface area contributed by atoms with Crippen molar-refractivity contribution in [3.63, 3.8) is 0 Å². The molecule has 2 N–H and O–H groups in total. The number of amides is 3. The summed E-state index contributed by atoms with van der Waals surface area (Å²) in [4.78, 5) is 70.1. The van der Waals surface area contributed by atoms with Crippen molar-refractivity contribution in [1.29, 1.82) is 0 Å². The summed E-state index contributed by atoms with van der Waals surface area (Å²) < 4.78 is 46.4. The van der Waals surface area contributed by atoms with Gasteiger partial charge in [-0.3, -0.25) is 19.6 Å². The molecule has 462 valence electrons. The summed E-state index contributed by atoms with van der Waals surface area (Å²) in [6, 6.07) is 15.6. The first-order valence-corrected chi connectivity index (χ1v) is 31.2. The van der Waals surface area contributed by atoms with E-state index in [2.05, 4.69) is 73.8 Å². The number of rotatable bonds is 22. The Morgan fingerprint density at radius 2 is 1.64 bits per heavy atom. The lowest BCUT2D eigenvalue weighted by atomic mass is 9.77. The molecule has 3 aromatic heterocycles. The van der Waals surface area contributed by atoms with Crippen molar-refractivity contribution in [1.82, 2.24) is 34.8 Å². The normalized spacial score (nSPS) is 18.7. The third kappa shape index (κ3) is 15.6. The van der Waals surface area contributed by atoms with E-state index < -0.39 is 71.6 Å². The highest BCUT2D eigenvalue weighted by molar-refractivity contribution is 9.10. The Bertz CT molecular complexity index is 3130. The zero-order valence-electron chi connectivity index (χ0n) is 51.9. The smallest absolute Gasteiger partial charge is 0.480 e. The summed E-state index contributed by atoms with van der Waals surface area (Å²) in [6.07, 6.45) is 0.118. The molecule has 3 aliphatic heterocycles. The van der Waals surface area contributed by atoms with Gasteiger partial charge in [0.15, 0.2) is 0 Å². The average molecular weight is 1260 g/mol. The number of aromatic nitrogens is 3. The largest absolute Gasteiger partial charge is 0.494 e. The summed E-state index contributed by atoms with van der Waals surface area (Å²) in [5.41, 5.74) is 3.91. The third-order valence-electron chi connectivity index (χ3n) is 16.1. The number of hydrogen-bond acceptors (Lipinski definition) is 16. The van der Waals surface area contributed by atoms with Gasteiger partial charge in [-0.2, -0.15) is 0 Å². The maximum Gasteiger partial charge on any atom is 0.494 e. The zero-order chi connectivity index (χ0) is 61.8. The van der Waals surface area contributed by atoms with Crippen LogP contribution in [0.1, 0.15) is 137 Å². The van der Waals surface area contributed by atoms with Gasteiger partial charge in [-0.1, -0.05) is 56.3 Å². The molecule has 0 aliphatic carbocycles. The van der Waals surface area contributed by atoms with E-state index in [1.54, 1.807) is 50.1 Å². The molecule has 20 nitrogen and oxygen atoms in total. The lowest BCUT2D eigenvalue weighted by Crippen LogP contribution is -2.64. The van der Waals surface area contributed by atoms with E-state index in [0.29, 0.717) is 67.5 Å². The molecule has 0 spiro atoms. The number of hydrogen-bond donors (Lipinski definition) is 2. The number of alkyl carbamates (subject to hydrolysis) is 1. The van der Waals surface area contributed by atoms with Crippen LogP contribution in [0.5, 0.6) is 0 Å². The molecular formula is C62H86BBrN8O12S. The van der Waals surface area contributed by atoms with Gasteiger partial charge < -0.3 is 57.8 Å². The molecule has 6 heterocycles. The Kier molecular flexibility index (Phi) is 20.9. The Balaban J connectivity index is 1.25. The molecule has 3 amide bonds. The molecule has 3 aliphatic rings. The Hall–Kier alpha value is -5.66. The fraction of sp³-hybridized carbons (Fsp3) is 0.581. The van der Waals surface area contributed by atoms with Crippen LogP contribution in [-0.2, 0) is 62.2 Å². The van der Waals surface area contributed by atoms with Crippen molar-refractivity contribution in [3.8, 4) is 11.3 Å². The standard InChI is InChI=1S/C62H86BBrN8O12S/c1-15-79-53(54-66-49(64)37-85-54)51(67-57(76)82-59(5,6)7)55(73)71-25-19-22-48(56(74)75)72(71)38-60(8,9)34-46-44-32-42(63-83-61(10,11)62(12,13)84-63)23-24-47(44)70(30-31-80-39(2)3)52(46)45-33-43(35-65-50(45)40(4)78-14)68-26-28-69(29-27-68)58(77)81-36-41-20-17-16-18-21-41/h16-18,20-21,23-24,32-33,35,37,39-40,48,51,53H,15,19,22,25-31,34,36,38H2,1-14H3,(H,67,76)(H,74,75)/t40?,48-,51?,53?/m0/s1. The van der Waals surface area contributed by atoms with E-state index in [-0.39, 0.29) is 44.9 Å². The van der Waals surface area contributed by atoms with E-state index in [9.17, 15) is 19.5 Å². The van der Waals surface area contributed by atoms with Gasteiger partial charge in [0.1, 0.15) is 40.0 Å². The van der Waals surface area contributed by atoms with Crippen LogP contribution < -0.4 is 15.7 Å². The second kappa shape index (κ2) is 27.2. The number of hydrazine groups is 1. The SMILES string of the molecule is CCOC(c1nc(Br)cs1)C(NC(=O)OC(C)(C)C)C(=O)N1CCC[C@@H](C(=O)O)N1CC(C)(C)Cc1c(-c2cc(N3CCN(C(=O)OCc4ccccc4)CC3)cnc2C(C)OC)n(CCOC(C)C)c2ccc(B3OC(C)(C)C(C)(C)O3)cc12. The summed E-state index contributed by atoms with van der Waals surface area (Å²) in [5.74, 6) is -1.66. The molecule has 3 saturated heterocycles. The molecule has 0 radical (unpaired) electrons. The highest BCUT2D eigenvalue weighted by Gasteiger charge is 2.52. The highest BCUT2D eigenvalue weighted by Crippen LogP contribution is 2.44. The molecule has 85 heavy (non-hydrogen) atoms. The number of thiazole rings is 1. The van der Waals surface area contributed by atoms with Crippen LogP contribution in [0, 0.1) is 5.41 Å². The molecule has 23 heteroatoms. The zero-order valence-corrected chi connectivity index (χ0v) is 54.3. The van der Waals surface area contributed by atoms with Crippen LogP contribution in [-0.4, -0.2) is 160 Å². The van der Waals surface area contributed by atoms with Gasteiger partial charge in [0.2, 0.25) is 0 Å². The minimum absolute atomic E-state index is 0.0504. The first-order chi connectivity index (χ1) is 40.1. The predicted molar refractivity (Wildman–Crippen MR) is 332 cm³/mol. The number of ether oxygens (including phenoxy) is 5. The van der Waals surface area contributed by atoms with Crippen molar-refractivity contribution in [3.05, 3.63) is 92.6 Å². The molecule has 4 atom stereocenters. The monoisotopic (exact) mass is 1260 g/mol. The fourth-order valence-electron chi connectivity index (χ4n) is 11.2. The van der Waals surface area contributed by atoms with Gasteiger partial charge in [0.25, 0.3) is 5.91 Å². The van der Waals surface area contributed by atoms with Crippen molar-refractivity contribution < 1.29 is 57.3 Å². The van der Waals surface area contributed by atoms with Crippen LogP contribution in [0.3, 0.4) is 0 Å². The molecule has 2 aromatic carbocycles. The van der Waals surface area contributed by atoms with Crippen molar-refractivity contribution in [2.75, 3.05) is 64.5 Å². The average Bonchev–Trinajstić information content (AvgIpc) is 3.76. The summed E-state index contributed by atoms with van der Waals surface area (Å²) >= 11 is 4.72. The van der Waals surface area contributed by atoms with Crippen LogP contribution in [0.2, 0.25) is 0 Å². The van der Waals surface area contributed by atoms with Gasteiger partial charge >= 0.3 is 25.3 Å². The number of anilines is 1. The fourth-order valence-corrected chi connectivity index (χ4v) is 12.5. The molecular weight excluding hydrogens is 1170 g/mol. The maximum absolute atomic E-state index is 15.6. The van der Waals surface area contributed by atoms with Gasteiger partial charge in [-0.15, -0.1) is 11.3 Å². The van der Waals surface area contributed by atoms with Crippen LogP contribution in [0.15, 0.2) is 70.8 Å². The van der Waals surface area contributed by atoms with E-state index in [1.165, 1.54) is 16.3 Å². The second-order valence-corrected chi connectivity index (χ2v) is 26.9. The Labute approximate surface area is 513 Å². The number of nitrogens with zero attached hydrogens (tertiary/aromatic N) is 7. The van der Waals surface area contributed by atoms with Crippen LogP contribution >= 0.6 is 27.3 Å². The molecule has 8 rings (SSSR count). The first-order valence-electron chi connectivity index (χ1n) is 29.5. The quantitative estimate of drug-likeness (QED) is 0.0618. The highest BCUT2D eigenvalue weighted by atomic mass is 79.9. The summed E-state index contributed by atoms with van der Waals surface area (Å²) in [7, 11) is 0.977. The van der Waals surface area contributed by atoms with E-state index in [4.69, 9.17) is 38.0 Å². The number of halogens is 1. The number of pyridine rings is 1. The Morgan fingerprint density at radius 3 is 2.25 bits per heavy atom. The molecule has 0 saturated carbocycles. The number of carbonyl (C=O) groups is 4. The molecule has 0 bridgehead atoms. The molecule has 5 aromatic rings. The van der Waals surface area contributed by atoms with E-state index in [1.807, 2.05) is 85.0 Å². The van der Waals surface area contributed by atoms with Crippen molar-refractivity contribution in [2.24, 2.45) is 5.41 Å². The van der Waals surface area contributed by atoms with Crippen LogP contribution in [0.25, 0.3) is 22.2 Å². The number of fused-ring (bicyclic) bond motifs is 1. The molecule has 3 fully saturated rings. The minimum atomic E-state index is -1.37. The summed E-state index contributed by atoms with van der Waals surface area (Å²) in [6.45, 7) is 28.7. The number of methoxy groups -OCH3 is 1. The number of carboxylic acids is 1. The maximum atomic E-state index is 15.6. The van der Waals surface area contributed by atoms with Crippen molar-refractivity contribution in [2.45, 2.75) is 170 Å². The van der Waals surface area contributed by atoms with E-state index in [0.717, 1.165) is 44.4 Å². The summed E-state index contributed by atoms with van der Waals surface area (Å²) in [5, 5.41) is 20.2. The van der Waals surface area contributed by atoms with Gasteiger partial charge in [-0.05, 0) is 145 Å². The van der Waals surface area contributed by atoms with Crippen LogP contribution in [0.4, 0.5) is 15.3 Å². The first kappa shape index (κ1) is 65.3. The molecule has 3 unspecified atom stereocenters. The third-order valence-corrected chi connectivity index (χ3v) is 17.7. The predicted octanol–water partition coefficient (Wildman–Crippen LogP) is 10.3. The van der Waals surface area contributed by atoms with Gasteiger partial charge in [0, 0.05) is 81.4 Å². The number of benzene rings is 2. The number of carbonyl (C=O) groups excluding carboxylic acids is 3. The van der Waals surface area contributed by atoms with Gasteiger partial charge in [0.05, 0.1) is 53.3 Å².